The van der Waals surface area contributed by atoms with Crippen LogP contribution in [0.1, 0.15) is 51.6 Å². The Morgan fingerprint density at radius 2 is 1.58 bits per heavy atom. The smallest absolute Gasteiger partial charge is 0.224 e. The number of rotatable bonds is 3. The third kappa shape index (κ3) is 2.79. The highest BCUT2D eigenvalue weighted by molar-refractivity contribution is 6.33. The molecular weight excluding hydrogens is 392 g/mol. The van der Waals surface area contributed by atoms with Gasteiger partial charge in [-0.05, 0) is 24.6 Å². The number of amides is 1. The number of nitrogens with one attached hydrogen (secondary N) is 2. The molecule has 0 unspecified atom stereocenters. The van der Waals surface area contributed by atoms with E-state index < -0.39 is 0 Å². The van der Waals surface area contributed by atoms with E-state index in [0.29, 0.717) is 28.5 Å². The van der Waals surface area contributed by atoms with Gasteiger partial charge in [0, 0.05) is 34.0 Å². The predicted octanol–water partition coefficient (Wildman–Crippen LogP) is 4.20. The number of hydrogen-bond acceptors (Lipinski definition) is 4. The molecule has 0 fully saturated rings. The molecule has 0 atom stereocenters. The number of benzene rings is 3. The van der Waals surface area contributed by atoms with Gasteiger partial charge in [-0.25, -0.2) is 0 Å². The minimum atomic E-state index is -0.326. The minimum Gasteiger partial charge on any atom is -0.354 e. The molecule has 0 aliphatic heterocycles. The number of carbonyl (C=O) groups is 3. The van der Waals surface area contributed by atoms with Crippen LogP contribution in [0.25, 0.3) is 21.8 Å². The molecule has 1 aliphatic rings. The van der Waals surface area contributed by atoms with Gasteiger partial charge in [-0.2, -0.15) is 0 Å². The fraction of sp³-hybridized carbons (Fsp3) is 0.120. The van der Waals surface area contributed by atoms with E-state index >= 15 is 0 Å². The van der Waals surface area contributed by atoms with Gasteiger partial charge in [-0.3, -0.25) is 19.2 Å². The van der Waals surface area contributed by atoms with E-state index in [9.17, 15) is 19.2 Å². The van der Waals surface area contributed by atoms with Crippen molar-refractivity contribution in [3.05, 3.63) is 87.1 Å². The van der Waals surface area contributed by atoms with Gasteiger partial charge in [-0.1, -0.05) is 43.3 Å². The number of fused-ring (bicyclic) bond motifs is 5. The number of anilines is 1. The van der Waals surface area contributed by atoms with Crippen LogP contribution < -0.4 is 10.7 Å². The number of para-hydroxylation sites is 1. The molecule has 31 heavy (non-hydrogen) atoms. The average molecular weight is 410 g/mol. The van der Waals surface area contributed by atoms with E-state index in [2.05, 4.69) is 10.3 Å². The molecule has 6 nitrogen and oxygen atoms in total. The highest BCUT2D eigenvalue weighted by atomic mass is 16.2. The zero-order chi connectivity index (χ0) is 21.7. The van der Waals surface area contributed by atoms with Crippen LogP contribution >= 0.6 is 0 Å². The van der Waals surface area contributed by atoms with Crippen molar-refractivity contribution in [3.8, 4) is 0 Å². The summed E-state index contributed by atoms with van der Waals surface area (Å²) in [5.74, 6) is -0.897. The molecule has 1 heterocycles. The number of carbonyl (C=O) groups excluding carboxylic acids is 3. The summed E-state index contributed by atoms with van der Waals surface area (Å²) in [6, 6.07) is 15.1. The molecule has 0 saturated heterocycles. The first kappa shape index (κ1) is 18.9. The highest BCUT2D eigenvalue weighted by Gasteiger charge is 2.33. The summed E-state index contributed by atoms with van der Waals surface area (Å²) in [5, 5.41) is 3.42. The van der Waals surface area contributed by atoms with Gasteiger partial charge in [0.15, 0.2) is 17.0 Å². The first-order valence-corrected chi connectivity index (χ1v) is 10.1. The molecule has 0 spiro atoms. The molecule has 152 valence electrons. The summed E-state index contributed by atoms with van der Waals surface area (Å²) >= 11 is 0. The number of H-pyrrole nitrogens is 1. The molecule has 0 bridgehead atoms. The van der Waals surface area contributed by atoms with Crippen molar-refractivity contribution in [1.82, 2.24) is 4.98 Å². The Morgan fingerprint density at radius 1 is 0.903 bits per heavy atom. The molecule has 0 radical (unpaired) electrons. The number of pyridine rings is 1. The van der Waals surface area contributed by atoms with Crippen LogP contribution in [0.2, 0.25) is 0 Å². The molecule has 2 N–H and O–H groups in total. The third-order valence-electron chi connectivity index (χ3n) is 5.62. The van der Waals surface area contributed by atoms with Crippen LogP contribution in [0.4, 0.5) is 5.69 Å². The summed E-state index contributed by atoms with van der Waals surface area (Å²) in [4.78, 5) is 55.6. The zero-order valence-corrected chi connectivity index (χ0v) is 16.7. The summed E-state index contributed by atoms with van der Waals surface area (Å²) in [6.07, 6.45) is 0.915. The second kappa shape index (κ2) is 7.02. The largest absolute Gasteiger partial charge is 0.354 e. The van der Waals surface area contributed by atoms with E-state index in [1.165, 1.54) is 6.07 Å². The van der Waals surface area contributed by atoms with Crippen LogP contribution in [-0.4, -0.2) is 22.5 Å². The normalized spacial score (nSPS) is 12.7. The maximum atomic E-state index is 13.4. The highest BCUT2D eigenvalue weighted by Crippen LogP contribution is 2.35. The van der Waals surface area contributed by atoms with E-state index in [-0.39, 0.29) is 57.0 Å². The lowest BCUT2D eigenvalue weighted by Gasteiger charge is -2.21. The zero-order valence-electron chi connectivity index (χ0n) is 16.7. The van der Waals surface area contributed by atoms with E-state index in [1.54, 1.807) is 48.5 Å². The molecule has 1 amide bonds. The molecule has 1 aromatic heterocycles. The quantitative estimate of drug-likeness (QED) is 0.436. The number of aromatic amines is 1. The van der Waals surface area contributed by atoms with Crippen molar-refractivity contribution >= 4 is 45.0 Å². The summed E-state index contributed by atoms with van der Waals surface area (Å²) in [5.41, 5.74) is 1.70. The number of aromatic nitrogens is 1. The van der Waals surface area contributed by atoms with Crippen LogP contribution in [0.15, 0.2) is 59.4 Å². The van der Waals surface area contributed by atoms with E-state index in [4.69, 9.17) is 0 Å². The monoisotopic (exact) mass is 410 g/mol. The molecule has 3 aromatic carbocycles. The van der Waals surface area contributed by atoms with Gasteiger partial charge < -0.3 is 10.3 Å². The third-order valence-corrected chi connectivity index (χ3v) is 5.62. The van der Waals surface area contributed by atoms with Crippen molar-refractivity contribution in [1.29, 1.82) is 0 Å². The Morgan fingerprint density at radius 3 is 2.32 bits per heavy atom. The summed E-state index contributed by atoms with van der Waals surface area (Å²) < 4.78 is 0. The molecule has 1 aliphatic carbocycles. The lowest BCUT2D eigenvalue weighted by Crippen LogP contribution is -2.24. The maximum Gasteiger partial charge on any atom is 0.224 e. The fourth-order valence-corrected chi connectivity index (χ4v) is 4.22. The van der Waals surface area contributed by atoms with Gasteiger partial charge >= 0.3 is 0 Å². The number of hydrogen-bond donors (Lipinski definition) is 2. The molecule has 5 rings (SSSR count). The SMILES string of the molecule is CCCC(=O)Nc1cc2c(c3[nH]c4ccccc4c(=O)c13)C(=O)c1ccccc1C2=O. The second-order valence-electron chi connectivity index (χ2n) is 7.60. The lowest BCUT2D eigenvalue weighted by molar-refractivity contribution is -0.116. The van der Waals surface area contributed by atoms with Crippen molar-refractivity contribution < 1.29 is 14.4 Å². The van der Waals surface area contributed by atoms with Gasteiger partial charge in [0.05, 0.1) is 22.2 Å². The standard InChI is InChI=1S/C25H18N2O4/c1-2-7-19(28)26-18-12-16-20(24(30)14-9-4-3-8-13(14)23(16)29)22-21(18)25(31)15-10-5-6-11-17(15)27-22/h3-6,8-12H,2,7H2,1H3,(H,26,28)(H,27,31). The van der Waals surface area contributed by atoms with Gasteiger partial charge in [0.1, 0.15) is 0 Å². The Labute approximate surface area is 176 Å². The molecule has 6 heteroatoms. The van der Waals surface area contributed by atoms with Gasteiger partial charge in [0.25, 0.3) is 0 Å². The Hall–Kier alpha value is -4.06. The average Bonchev–Trinajstić information content (AvgIpc) is 2.77. The summed E-state index contributed by atoms with van der Waals surface area (Å²) in [6.45, 7) is 1.88. The molecular formula is C25H18N2O4. The Balaban J connectivity index is 1.91. The van der Waals surface area contributed by atoms with Crippen molar-refractivity contribution in [2.75, 3.05) is 5.32 Å². The van der Waals surface area contributed by atoms with E-state index in [0.717, 1.165) is 0 Å². The van der Waals surface area contributed by atoms with Crippen molar-refractivity contribution in [2.24, 2.45) is 0 Å². The molecule has 0 saturated carbocycles. The van der Waals surface area contributed by atoms with Gasteiger partial charge in [0.2, 0.25) is 5.91 Å². The first-order valence-electron chi connectivity index (χ1n) is 10.1. The Bertz CT molecular complexity index is 1500. The lowest BCUT2D eigenvalue weighted by atomic mass is 9.82. The van der Waals surface area contributed by atoms with Crippen LogP contribution in [0, 0.1) is 0 Å². The van der Waals surface area contributed by atoms with Crippen LogP contribution in [0.3, 0.4) is 0 Å². The molecule has 4 aromatic rings. The summed E-state index contributed by atoms with van der Waals surface area (Å²) in [7, 11) is 0. The fourth-order valence-electron chi connectivity index (χ4n) is 4.22. The minimum absolute atomic E-state index is 0.162. The van der Waals surface area contributed by atoms with Crippen molar-refractivity contribution in [3.63, 3.8) is 0 Å². The van der Waals surface area contributed by atoms with Crippen LogP contribution in [0.5, 0.6) is 0 Å². The maximum absolute atomic E-state index is 13.4. The predicted molar refractivity (Wildman–Crippen MR) is 119 cm³/mol. The van der Waals surface area contributed by atoms with Crippen LogP contribution in [-0.2, 0) is 4.79 Å². The Kier molecular flexibility index (Phi) is 4.29. The second-order valence-corrected chi connectivity index (χ2v) is 7.60. The first-order chi connectivity index (χ1) is 15.0. The van der Waals surface area contributed by atoms with Crippen molar-refractivity contribution in [2.45, 2.75) is 19.8 Å². The van der Waals surface area contributed by atoms with Gasteiger partial charge in [-0.15, -0.1) is 0 Å². The van der Waals surface area contributed by atoms with E-state index in [1.807, 2.05) is 6.92 Å². The topological polar surface area (TPSA) is 96.1 Å². The number of ketones is 2.